The zero-order valence-corrected chi connectivity index (χ0v) is 17.8. The van der Waals surface area contributed by atoms with Crippen LogP contribution in [0.1, 0.15) is 22.9 Å². The summed E-state index contributed by atoms with van der Waals surface area (Å²) in [7, 11) is 1.82. The predicted molar refractivity (Wildman–Crippen MR) is 118 cm³/mol. The molecule has 152 valence electrons. The van der Waals surface area contributed by atoms with Crippen LogP contribution < -0.4 is 10.6 Å². The maximum Gasteiger partial charge on any atom is 0.191 e. The van der Waals surface area contributed by atoms with Crippen LogP contribution in [0.25, 0.3) is 0 Å². The highest BCUT2D eigenvalue weighted by atomic mass is 32.1. The molecule has 5 nitrogen and oxygen atoms in total. The zero-order chi connectivity index (χ0) is 19.6. The molecule has 1 aromatic heterocycles. The lowest BCUT2D eigenvalue weighted by atomic mass is 10.1. The maximum absolute atomic E-state index is 5.42. The third kappa shape index (κ3) is 6.93. The van der Waals surface area contributed by atoms with Gasteiger partial charge in [0.25, 0.3) is 0 Å². The first kappa shape index (κ1) is 20.8. The van der Waals surface area contributed by atoms with Gasteiger partial charge in [0.1, 0.15) is 0 Å². The molecule has 0 aliphatic carbocycles. The first-order valence-electron chi connectivity index (χ1n) is 10.1. The molecule has 2 N–H and O–H groups in total. The van der Waals surface area contributed by atoms with Gasteiger partial charge >= 0.3 is 0 Å². The number of nitrogens with one attached hydrogen (secondary N) is 2. The van der Waals surface area contributed by atoms with Gasteiger partial charge in [-0.3, -0.25) is 9.89 Å². The minimum atomic E-state index is 0.566. The van der Waals surface area contributed by atoms with Gasteiger partial charge in [0.15, 0.2) is 5.96 Å². The molecular formula is C22H32N4OS. The van der Waals surface area contributed by atoms with Crippen molar-refractivity contribution >= 4 is 17.3 Å². The van der Waals surface area contributed by atoms with Gasteiger partial charge in [-0.15, -0.1) is 11.3 Å². The number of thiophene rings is 1. The molecule has 1 fully saturated rings. The Balaban J connectivity index is 1.39. The van der Waals surface area contributed by atoms with E-state index < -0.39 is 0 Å². The zero-order valence-electron chi connectivity index (χ0n) is 17.0. The number of ether oxygens (including phenoxy) is 1. The first-order chi connectivity index (χ1) is 13.7. The van der Waals surface area contributed by atoms with Crippen molar-refractivity contribution in [3.05, 3.63) is 57.8 Å². The van der Waals surface area contributed by atoms with Crippen molar-refractivity contribution in [1.82, 2.24) is 15.5 Å². The molecule has 1 saturated heterocycles. The van der Waals surface area contributed by atoms with Crippen LogP contribution in [0, 0.1) is 5.92 Å². The van der Waals surface area contributed by atoms with E-state index in [4.69, 9.17) is 4.74 Å². The van der Waals surface area contributed by atoms with E-state index in [9.17, 15) is 0 Å². The molecule has 1 aromatic carbocycles. The average Bonchev–Trinajstić information content (AvgIpc) is 3.23. The number of guanidine groups is 1. The molecule has 0 spiro atoms. The molecule has 0 amide bonds. The number of aliphatic imine (C=N–C) groups is 1. The van der Waals surface area contributed by atoms with E-state index in [-0.39, 0.29) is 0 Å². The second-order valence-corrected chi connectivity index (χ2v) is 8.43. The first-order valence-corrected chi connectivity index (χ1v) is 11.0. The van der Waals surface area contributed by atoms with E-state index in [1.54, 1.807) is 0 Å². The Kier molecular flexibility index (Phi) is 8.33. The summed E-state index contributed by atoms with van der Waals surface area (Å²) in [5.74, 6) is 1.42. The summed E-state index contributed by atoms with van der Waals surface area (Å²) < 4.78 is 5.42. The fourth-order valence-electron chi connectivity index (χ4n) is 3.30. The molecule has 1 unspecified atom stereocenters. The van der Waals surface area contributed by atoms with Crippen molar-refractivity contribution in [1.29, 1.82) is 0 Å². The smallest absolute Gasteiger partial charge is 0.191 e. The predicted octanol–water partition coefficient (Wildman–Crippen LogP) is 3.12. The monoisotopic (exact) mass is 400 g/mol. The molecule has 3 rings (SSSR count). The van der Waals surface area contributed by atoms with Crippen molar-refractivity contribution in [2.45, 2.75) is 26.4 Å². The molecule has 0 bridgehead atoms. The largest absolute Gasteiger partial charge is 0.379 e. The Hall–Kier alpha value is -1.89. The lowest BCUT2D eigenvalue weighted by molar-refractivity contribution is 0.0342. The minimum absolute atomic E-state index is 0.566. The number of nitrogens with zero attached hydrogens (tertiary/aromatic N) is 2. The summed E-state index contributed by atoms with van der Waals surface area (Å²) in [4.78, 5) is 8.23. The lowest BCUT2D eigenvalue weighted by Gasteiger charge is -2.26. The second kappa shape index (κ2) is 11.2. The summed E-state index contributed by atoms with van der Waals surface area (Å²) in [5.41, 5.74) is 2.62. The summed E-state index contributed by atoms with van der Waals surface area (Å²) >= 11 is 1.83. The van der Waals surface area contributed by atoms with E-state index in [0.717, 1.165) is 58.3 Å². The van der Waals surface area contributed by atoms with E-state index in [0.29, 0.717) is 5.92 Å². The molecule has 0 radical (unpaired) electrons. The van der Waals surface area contributed by atoms with Gasteiger partial charge in [0.2, 0.25) is 0 Å². The van der Waals surface area contributed by atoms with Gasteiger partial charge in [-0.25, -0.2) is 0 Å². The molecule has 28 heavy (non-hydrogen) atoms. The normalized spacial score (nSPS) is 16.7. The fourth-order valence-corrected chi connectivity index (χ4v) is 4.17. The van der Waals surface area contributed by atoms with Gasteiger partial charge in [-0.2, -0.15) is 0 Å². The van der Waals surface area contributed by atoms with E-state index in [1.165, 1.54) is 16.0 Å². The van der Waals surface area contributed by atoms with Gasteiger partial charge in [-0.05, 0) is 34.9 Å². The Morgan fingerprint density at radius 3 is 2.57 bits per heavy atom. The third-order valence-corrected chi connectivity index (χ3v) is 5.86. The number of hydrogen-bond acceptors (Lipinski definition) is 4. The molecule has 2 aromatic rings. The number of benzene rings is 1. The van der Waals surface area contributed by atoms with E-state index in [2.05, 4.69) is 69.2 Å². The Morgan fingerprint density at radius 1 is 1.14 bits per heavy atom. The van der Waals surface area contributed by atoms with Crippen molar-refractivity contribution in [2.75, 3.05) is 39.9 Å². The van der Waals surface area contributed by atoms with Crippen LogP contribution in [-0.2, 0) is 24.2 Å². The molecule has 6 heteroatoms. The van der Waals surface area contributed by atoms with Crippen molar-refractivity contribution in [2.24, 2.45) is 10.9 Å². The van der Waals surface area contributed by atoms with Gasteiger partial charge < -0.3 is 15.4 Å². The summed E-state index contributed by atoms with van der Waals surface area (Å²) in [6.45, 7) is 8.70. The molecule has 1 atom stereocenters. The van der Waals surface area contributed by atoms with Crippen LogP contribution in [0.4, 0.5) is 0 Å². The SMILES string of the molecule is CN=C(NCc1ccc(CN2CCOCC2)cc1)NCC(C)Cc1cccs1. The molecule has 1 aliphatic heterocycles. The summed E-state index contributed by atoms with van der Waals surface area (Å²) in [6, 6.07) is 13.2. The van der Waals surface area contributed by atoms with Crippen LogP contribution in [0.15, 0.2) is 46.8 Å². The molecule has 2 heterocycles. The van der Waals surface area contributed by atoms with E-state index in [1.807, 2.05) is 18.4 Å². The van der Waals surface area contributed by atoms with Crippen molar-refractivity contribution in [3.8, 4) is 0 Å². The second-order valence-electron chi connectivity index (χ2n) is 7.40. The van der Waals surface area contributed by atoms with Crippen molar-refractivity contribution in [3.63, 3.8) is 0 Å². The standard InChI is InChI=1S/C22H32N4OS/c1-18(14-21-4-3-13-28-21)15-24-22(23-2)25-16-19-5-7-20(8-6-19)17-26-9-11-27-12-10-26/h3-8,13,18H,9-12,14-17H2,1-2H3,(H2,23,24,25). The fraction of sp³-hybridized carbons (Fsp3) is 0.500. The number of hydrogen-bond donors (Lipinski definition) is 2. The molecule has 0 saturated carbocycles. The third-order valence-electron chi connectivity index (χ3n) is 4.96. The highest BCUT2D eigenvalue weighted by molar-refractivity contribution is 7.09. The maximum atomic E-state index is 5.42. The van der Waals surface area contributed by atoms with E-state index >= 15 is 0 Å². The van der Waals surface area contributed by atoms with Gasteiger partial charge in [0, 0.05) is 44.6 Å². The highest BCUT2D eigenvalue weighted by Crippen LogP contribution is 2.14. The number of morpholine rings is 1. The van der Waals surface area contributed by atoms with Crippen LogP contribution in [-0.4, -0.2) is 50.8 Å². The summed E-state index contributed by atoms with van der Waals surface area (Å²) in [5, 5.41) is 9.00. The van der Waals surface area contributed by atoms with Crippen LogP contribution >= 0.6 is 11.3 Å². The highest BCUT2D eigenvalue weighted by Gasteiger charge is 2.10. The average molecular weight is 401 g/mol. The Morgan fingerprint density at radius 2 is 1.89 bits per heavy atom. The Bertz CT molecular complexity index is 709. The quantitative estimate of drug-likeness (QED) is 0.528. The topological polar surface area (TPSA) is 48.9 Å². The van der Waals surface area contributed by atoms with Gasteiger partial charge in [-0.1, -0.05) is 37.3 Å². The van der Waals surface area contributed by atoms with Crippen LogP contribution in [0.3, 0.4) is 0 Å². The Labute approximate surface area is 172 Å². The van der Waals surface area contributed by atoms with Crippen LogP contribution in [0.2, 0.25) is 0 Å². The summed E-state index contributed by atoms with van der Waals surface area (Å²) in [6.07, 6.45) is 1.10. The lowest BCUT2D eigenvalue weighted by Crippen LogP contribution is -2.39. The molecule has 1 aliphatic rings. The van der Waals surface area contributed by atoms with Crippen LogP contribution in [0.5, 0.6) is 0 Å². The molecular weight excluding hydrogens is 368 g/mol. The van der Waals surface area contributed by atoms with Crippen molar-refractivity contribution < 1.29 is 4.74 Å². The van der Waals surface area contributed by atoms with Gasteiger partial charge in [0.05, 0.1) is 13.2 Å². The number of rotatable bonds is 8. The minimum Gasteiger partial charge on any atom is -0.379 e.